The molecule has 0 spiro atoms. The molecule has 1 amide bonds. The summed E-state index contributed by atoms with van der Waals surface area (Å²) < 4.78 is 1.84. The van der Waals surface area contributed by atoms with E-state index in [1.54, 1.807) is 6.20 Å². The molecule has 27 heavy (non-hydrogen) atoms. The number of nitrogens with zero attached hydrogens (tertiary/aromatic N) is 3. The van der Waals surface area contributed by atoms with Crippen molar-refractivity contribution in [1.29, 1.82) is 0 Å². The zero-order valence-electron chi connectivity index (χ0n) is 16.0. The van der Waals surface area contributed by atoms with Crippen molar-refractivity contribution in [2.24, 2.45) is 5.92 Å². The second-order valence-electron chi connectivity index (χ2n) is 7.66. The third kappa shape index (κ3) is 3.77. The van der Waals surface area contributed by atoms with Crippen molar-refractivity contribution in [3.05, 3.63) is 53.9 Å². The molecular formula is C21H29N5O. The quantitative estimate of drug-likeness (QED) is 0.852. The first-order valence-electron chi connectivity index (χ1n) is 10.1. The molecule has 6 heteroatoms. The Labute approximate surface area is 160 Å². The molecule has 0 radical (unpaired) electrons. The maximum absolute atomic E-state index is 13.1. The summed E-state index contributed by atoms with van der Waals surface area (Å²) in [5.74, 6) is 1.01. The minimum Gasteiger partial charge on any atom is -0.337 e. The number of aryl methyl sites for hydroxylation is 1. The first-order chi connectivity index (χ1) is 13.3. The summed E-state index contributed by atoms with van der Waals surface area (Å²) in [5.41, 5.74) is 8.93. The van der Waals surface area contributed by atoms with E-state index in [4.69, 9.17) is 0 Å². The molecule has 0 aliphatic carbocycles. The molecule has 1 aromatic heterocycles. The summed E-state index contributed by atoms with van der Waals surface area (Å²) >= 11 is 0. The van der Waals surface area contributed by atoms with E-state index in [-0.39, 0.29) is 5.91 Å². The number of benzene rings is 1. The van der Waals surface area contributed by atoms with E-state index >= 15 is 0 Å². The Kier molecular flexibility index (Phi) is 5.55. The molecule has 0 saturated carbocycles. The van der Waals surface area contributed by atoms with Gasteiger partial charge in [0.15, 0.2) is 0 Å². The van der Waals surface area contributed by atoms with Crippen LogP contribution in [0.15, 0.2) is 42.6 Å². The Morgan fingerprint density at radius 2 is 2.11 bits per heavy atom. The molecular weight excluding hydrogens is 338 g/mol. The van der Waals surface area contributed by atoms with Crippen LogP contribution in [0.1, 0.15) is 48.2 Å². The monoisotopic (exact) mass is 367 g/mol. The van der Waals surface area contributed by atoms with Crippen LogP contribution >= 0.6 is 0 Å². The zero-order valence-corrected chi connectivity index (χ0v) is 16.0. The number of rotatable bonds is 5. The Morgan fingerprint density at radius 1 is 1.26 bits per heavy atom. The standard InChI is InChI=1S/C21H29N5O/c1-2-12-26-19(10-11-23-26)21(27)25-13-6-9-17(15-25)20-18(14-22-24-20)16-7-4-3-5-8-16/h3-5,7-8,10-11,17-18,20,22,24H,2,6,9,12-15H2,1H3. The van der Waals surface area contributed by atoms with Gasteiger partial charge >= 0.3 is 0 Å². The van der Waals surface area contributed by atoms with E-state index in [1.165, 1.54) is 5.56 Å². The highest BCUT2D eigenvalue weighted by Gasteiger charge is 2.38. The molecule has 3 unspecified atom stereocenters. The highest BCUT2D eigenvalue weighted by atomic mass is 16.2. The zero-order chi connectivity index (χ0) is 18.6. The third-order valence-electron chi connectivity index (χ3n) is 5.88. The number of nitrogens with one attached hydrogen (secondary N) is 2. The SMILES string of the molecule is CCCn1nccc1C(=O)N1CCCC(C2NNCC2c2ccccc2)C1. The van der Waals surface area contributed by atoms with Crippen LogP contribution in [0.2, 0.25) is 0 Å². The van der Waals surface area contributed by atoms with Gasteiger partial charge in [-0.1, -0.05) is 37.3 Å². The van der Waals surface area contributed by atoms with Crippen LogP contribution < -0.4 is 10.9 Å². The highest BCUT2D eigenvalue weighted by Crippen LogP contribution is 2.32. The van der Waals surface area contributed by atoms with Gasteiger partial charge in [-0.05, 0) is 36.8 Å². The normalized spacial score (nSPS) is 25.7. The van der Waals surface area contributed by atoms with Crippen molar-refractivity contribution in [2.45, 2.75) is 44.7 Å². The van der Waals surface area contributed by atoms with E-state index in [9.17, 15) is 4.79 Å². The molecule has 1 aromatic carbocycles. The minimum absolute atomic E-state index is 0.118. The number of hydrazine groups is 1. The molecule has 2 saturated heterocycles. The van der Waals surface area contributed by atoms with Gasteiger partial charge in [0.1, 0.15) is 5.69 Å². The lowest BCUT2D eigenvalue weighted by molar-refractivity contribution is 0.0632. The number of carbonyl (C=O) groups excluding carboxylic acids is 1. The first kappa shape index (κ1) is 18.2. The van der Waals surface area contributed by atoms with E-state index < -0.39 is 0 Å². The van der Waals surface area contributed by atoms with Crippen molar-refractivity contribution in [3.63, 3.8) is 0 Å². The van der Waals surface area contributed by atoms with Crippen molar-refractivity contribution in [1.82, 2.24) is 25.5 Å². The second-order valence-corrected chi connectivity index (χ2v) is 7.66. The molecule has 2 aromatic rings. The molecule has 2 aliphatic heterocycles. The van der Waals surface area contributed by atoms with Crippen LogP contribution in [0.5, 0.6) is 0 Å². The Bertz CT molecular complexity index is 759. The van der Waals surface area contributed by atoms with Gasteiger partial charge in [-0.3, -0.25) is 20.3 Å². The lowest BCUT2D eigenvalue weighted by Crippen LogP contribution is -2.48. The van der Waals surface area contributed by atoms with Crippen LogP contribution in [0.4, 0.5) is 0 Å². The predicted octanol–water partition coefficient (Wildman–Crippen LogP) is 2.41. The van der Waals surface area contributed by atoms with Gasteiger partial charge in [0.2, 0.25) is 0 Å². The fourth-order valence-electron chi connectivity index (χ4n) is 4.54. The van der Waals surface area contributed by atoms with Gasteiger partial charge in [0.05, 0.1) is 0 Å². The van der Waals surface area contributed by atoms with Gasteiger partial charge in [-0.15, -0.1) is 0 Å². The first-order valence-corrected chi connectivity index (χ1v) is 10.1. The number of carbonyl (C=O) groups is 1. The lowest BCUT2D eigenvalue weighted by Gasteiger charge is -2.37. The molecule has 0 bridgehead atoms. The summed E-state index contributed by atoms with van der Waals surface area (Å²) in [6.45, 7) is 5.47. The Morgan fingerprint density at radius 3 is 2.93 bits per heavy atom. The highest BCUT2D eigenvalue weighted by molar-refractivity contribution is 5.92. The topological polar surface area (TPSA) is 62.2 Å². The summed E-state index contributed by atoms with van der Waals surface area (Å²) in [6, 6.07) is 12.9. The molecule has 6 nitrogen and oxygen atoms in total. The van der Waals surface area contributed by atoms with Gasteiger partial charge in [0.25, 0.3) is 5.91 Å². The van der Waals surface area contributed by atoms with E-state index in [1.807, 2.05) is 15.6 Å². The predicted molar refractivity (Wildman–Crippen MR) is 105 cm³/mol. The average Bonchev–Trinajstić information content (AvgIpc) is 3.38. The summed E-state index contributed by atoms with van der Waals surface area (Å²) in [7, 11) is 0. The fourth-order valence-corrected chi connectivity index (χ4v) is 4.54. The van der Waals surface area contributed by atoms with Crippen molar-refractivity contribution >= 4 is 5.91 Å². The van der Waals surface area contributed by atoms with Gasteiger partial charge in [-0.25, -0.2) is 0 Å². The van der Waals surface area contributed by atoms with Crippen LogP contribution in [-0.2, 0) is 6.54 Å². The smallest absolute Gasteiger partial charge is 0.272 e. The van der Waals surface area contributed by atoms with Crippen molar-refractivity contribution in [2.75, 3.05) is 19.6 Å². The van der Waals surface area contributed by atoms with E-state index in [0.717, 1.165) is 51.1 Å². The van der Waals surface area contributed by atoms with Crippen LogP contribution in [-0.4, -0.2) is 46.3 Å². The largest absolute Gasteiger partial charge is 0.337 e. The van der Waals surface area contributed by atoms with Crippen LogP contribution in [0.25, 0.3) is 0 Å². The van der Waals surface area contributed by atoms with Gasteiger partial charge in [-0.2, -0.15) is 5.10 Å². The lowest BCUT2D eigenvalue weighted by atomic mass is 9.81. The van der Waals surface area contributed by atoms with Crippen molar-refractivity contribution in [3.8, 4) is 0 Å². The summed E-state index contributed by atoms with van der Waals surface area (Å²) in [6.07, 6.45) is 4.91. The number of aromatic nitrogens is 2. The van der Waals surface area contributed by atoms with Crippen LogP contribution in [0, 0.1) is 5.92 Å². The van der Waals surface area contributed by atoms with E-state index in [2.05, 4.69) is 53.2 Å². The Hall–Kier alpha value is -2.18. The van der Waals surface area contributed by atoms with E-state index in [0.29, 0.717) is 17.9 Å². The number of hydrogen-bond donors (Lipinski definition) is 2. The van der Waals surface area contributed by atoms with Gasteiger partial charge in [0, 0.05) is 44.3 Å². The molecule has 2 aliphatic rings. The fraction of sp³-hybridized carbons (Fsp3) is 0.524. The third-order valence-corrected chi connectivity index (χ3v) is 5.88. The summed E-state index contributed by atoms with van der Waals surface area (Å²) in [4.78, 5) is 15.1. The average molecular weight is 367 g/mol. The second kappa shape index (κ2) is 8.23. The number of likely N-dealkylation sites (tertiary alicyclic amines) is 1. The minimum atomic E-state index is 0.118. The molecule has 2 N–H and O–H groups in total. The molecule has 144 valence electrons. The summed E-state index contributed by atoms with van der Waals surface area (Å²) in [5, 5.41) is 4.32. The Balaban J connectivity index is 1.48. The maximum atomic E-state index is 13.1. The number of amides is 1. The molecule has 2 fully saturated rings. The molecule has 3 atom stereocenters. The number of piperidine rings is 1. The van der Waals surface area contributed by atoms with Gasteiger partial charge < -0.3 is 4.90 Å². The maximum Gasteiger partial charge on any atom is 0.272 e. The molecule has 4 rings (SSSR count). The van der Waals surface area contributed by atoms with Crippen molar-refractivity contribution < 1.29 is 4.79 Å². The number of hydrogen-bond acceptors (Lipinski definition) is 4. The van der Waals surface area contributed by atoms with Crippen LogP contribution in [0.3, 0.4) is 0 Å². The molecule has 3 heterocycles.